The summed E-state index contributed by atoms with van der Waals surface area (Å²) < 4.78 is 2.53. The largest absolute Gasteiger partial charge is 0.375 e. The van der Waals surface area contributed by atoms with Gasteiger partial charge in [-0.2, -0.15) is 0 Å². The van der Waals surface area contributed by atoms with E-state index in [1.807, 2.05) is 6.92 Å². The molecule has 0 radical (unpaired) electrons. The van der Waals surface area contributed by atoms with Gasteiger partial charge in [-0.1, -0.05) is 81.3 Å². The maximum Gasteiger partial charge on any atom is 0.321 e. The van der Waals surface area contributed by atoms with E-state index in [9.17, 15) is 9.59 Å². The smallest absolute Gasteiger partial charge is 0.321 e. The van der Waals surface area contributed by atoms with Gasteiger partial charge in [0.15, 0.2) is 16.6 Å². The van der Waals surface area contributed by atoms with Crippen LogP contribution in [-0.4, -0.2) is 66.4 Å². The number of aliphatic imine (C=N–C) groups is 1. The number of allylic oxidation sites excluding steroid dienone is 6. The Kier molecular flexibility index (Phi) is 16.1. The van der Waals surface area contributed by atoms with Gasteiger partial charge in [0.05, 0.1) is 11.3 Å². The minimum absolute atomic E-state index is 0.0466. The summed E-state index contributed by atoms with van der Waals surface area (Å²) in [4.78, 5) is 36.6. The van der Waals surface area contributed by atoms with Crippen LogP contribution in [0, 0.1) is 6.92 Å². The third-order valence-electron chi connectivity index (χ3n) is 11.5. The first-order chi connectivity index (χ1) is 28.3. The lowest BCUT2D eigenvalue weighted by Crippen LogP contribution is -2.43. The molecule has 0 saturated carbocycles. The Morgan fingerprint density at radius 1 is 0.881 bits per heavy atom. The highest BCUT2D eigenvalue weighted by atomic mass is 32.1. The van der Waals surface area contributed by atoms with Gasteiger partial charge in [0.2, 0.25) is 11.6 Å². The van der Waals surface area contributed by atoms with E-state index in [1.54, 1.807) is 0 Å². The number of nitrogens with one attached hydrogen (secondary N) is 3. The molecule has 0 bridgehead atoms. The number of nitrogens with zero attached hydrogens (tertiary/aromatic N) is 4. The Morgan fingerprint density at radius 3 is 2.31 bits per heavy atom. The average molecular weight is 821 g/mol. The van der Waals surface area contributed by atoms with E-state index < -0.39 is 0 Å². The van der Waals surface area contributed by atoms with Crippen LogP contribution < -0.4 is 32.3 Å². The van der Waals surface area contributed by atoms with Crippen LogP contribution >= 0.6 is 11.3 Å². The summed E-state index contributed by atoms with van der Waals surface area (Å²) >= 11 is 1.49. The SMILES string of the molecule is Cc1nc(N)sc1CCCN=C(N)NC(=O)NCCCCCCNC(=O)CCCCC[N+]1=C(C=CC=CC=C2N(C)c3ccccc3C2(C)C)c2ccccc2C1(C)C. The van der Waals surface area contributed by atoms with Crippen molar-refractivity contribution in [1.29, 1.82) is 0 Å². The number of amides is 3. The zero-order chi connectivity index (χ0) is 42.4. The zero-order valence-electron chi connectivity index (χ0n) is 36.1. The standard InChI is InChI=1S/C47H65N9O2S/c1-34-40(59-44(49)53-34)27-21-32-51-43(48)54-45(58)52-31-19-8-7-18-30-50-42(57)29-13-10-20-33-56-38(35-22-14-15-23-36(35)47(56,4)5)25-11-9-12-28-41-46(2,3)37-24-16-17-26-39(37)55(41)6/h9,11-12,14-17,22-26,28H,7-8,10,13,18-21,27,29-33H2,1-6H3,(H6-,48,49,50,51,52,53,54,57,58)/p+1. The molecule has 1 aromatic heterocycles. The Hall–Kier alpha value is -5.23. The van der Waals surface area contributed by atoms with Crippen LogP contribution in [0.25, 0.3) is 0 Å². The number of aromatic nitrogens is 1. The van der Waals surface area contributed by atoms with Gasteiger partial charge in [-0.25, -0.2) is 14.4 Å². The van der Waals surface area contributed by atoms with Crippen molar-refractivity contribution >= 4 is 45.8 Å². The van der Waals surface area contributed by atoms with Crippen molar-refractivity contribution < 1.29 is 14.2 Å². The first-order valence-corrected chi connectivity index (χ1v) is 22.1. The van der Waals surface area contributed by atoms with Crippen LogP contribution in [0.3, 0.4) is 0 Å². The molecule has 11 nitrogen and oxygen atoms in total. The molecule has 0 fully saturated rings. The quantitative estimate of drug-likeness (QED) is 0.0256. The van der Waals surface area contributed by atoms with Gasteiger partial charge in [-0.05, 0) is 69.2 Å². The second-order valence-electron chi connectivity index (χ2n) is 16.5. The van der Waals surface area contributed by atoms with Crippen molar-refractivity contribution in [3.05, 3.63) is 112 Å². The van der Waals surface area contributed by atoms with Crippen LogP contribution in [0.15, 0.2) is 89.6 Å². The van der Waals surface area contributed by atoms with Gasteiger partial charge in [0.1, 0.15) is 6.54 Å². The number of carbonyl (C=O) groups excluding carboxylic acids is 2. The Morgan fingerprint density at radius 2 is 1.58 bits per heavy atom. The first-order valence-electron chi connectivity index (χ1n) is 21.3. The number of para-hydroxylation sites is 1. The van der Waals surface area contributed by atoms with Crippen molar-refractivity contribution in [1.82, 2.24) is 20.9 Å². The van der Waals surface area contributed by atoms with E-state index in [0.29, 0.717) is 31.2 Å². The number of unbranched alkanes of at least 4 members (excludes halogenated alkanes) is 5. The Balaban J connectivity index is 0.955. The molecule has 0 saturated heterocycles. The van der Waals surface area contributed by atoms with Gasteiger partial charge in [-0.15, -0.1) is 11.3 Å². The molecule has 3 heterocycles. The number of benzene rings is 2. The maximum atomic E-state index is 12.6. The molecule has 0 atom stereocenters. The highest BCUT2D eigenvalue weighted by Gasteiger charge is 2.43. The summed E-state index contributed by atoms with van der Waals surface area (Å²) in [5.41, 5.74) is 20.2. The third kappa shape index (κ3) is 11.9. The number of hydrogen-bond donors (Lipinski definition) is 5. The molecule has 2 aromatic carbocycles. The minimum Gasteiger partial charge on any atom is -0.375 e. The van der Waals surface area contributed by atoms with E-state index >= 15 is 0 Å². The lowest BCUT2D eigenvalue weighted by molar-refractivity contribution is -0.604. The molecular weight excluding hydrogens is 755 g/mol. The number of nitrogen functional groups attached to an aromatic ring is 1. The van der Waals surface area contributed by atoms with Crippen LogP contribution in [0.5, 0.6) is 0 Å². The number of fused-ring (bicyclic) bond motifs is 2. The molecule has 59 heavy (non-hydrogen) atoms. The Labute approximate surface area is 355 Å². The highest BCUT2D eigenvalue weighted by molar-refractivity contribution is 7.15. The number of likely N-dealkylation sites (N-methyl/N-ethyl adjacent to an activating group) is 1. The van der Waals surface area contributed by atoms with Gasteiger partial charge < -0.3 is 27.0 Å². The van der Waals surface area contributed by atoms with Gasteiger partial charge in [0.25, 0.3) is 0 Å². The summed E-state index contributed by atoms with van der Waals surface area (Å²) in [6.07, 6.45) is 19.7. The van der Waals surface area contributed by atoms with Crippen molar-refractivity contribution in [3.63, 3.8) is 0 Å². The molecule has 2 aliphatic heterocycles. The summed E-state index contributed by atoms with van der Waals surface area (Å²) in [6.45, 7) is 13.8. The molecule has 12 heteroatoms. The number of hydrogen-bond acceptors (Lipinski definition) is 7. The Bertz CT molecular complexity index is 2070. The van der Waals surface area contributed by atoms with Crippen LogP contribution in [0.2, 0.25) is 0 Å². The second-order valence-corrected chi connectivity index (χ2v) is 17.6. The topological polar surface area (TPSA) is 154 Å². The molecule has 0 unspecified atom stereocenters. The van der Waals surface area contributed by atoms with Gasteiger partial charge in [-0.3, -0.25) is 15.1 Å². The lowest BCUT2D eigenvalue weighted by Gasteiger charge is -2.23. The molecular formula is C47H66N9O2S+. The number of nitrogens with two attached hydrogens (primary N) is 2. The molecule has 0 spiro atoms. The van der Waals surface area contributed by atoms with E-state index in [1.165, 1.54) is 45.1 Å². The second kappa shape index (κ2) is 21.2. The normalized spacial score (nSPS) is 16.3. The molecule has 7 N–H and O–H groups in total. The number of anilines is 2. The monoisotopic (exact) mass is 821 g/mol. The van der Waals surface area contributed by atoms with Crippen LogP contribution in [-0.2, 0) is 22.2 Å². The summed E-state index contributed by atoms with van der Waals surface area (Å²) in [5.74, 6) is 0.228. The molecule has 316 valence electrons. The van der Waals surface area contributed by atoms with E-state index in [0.717, 1.165) is 74.9 Å². The predicted molar refractivity (Wildman–Crippen MR) is 245 cm³/mol. The molecule has 5 rings (SSSR count). The minimum atomic E-state index is -0.352. The van der Waals surface area contributed by atoms with Crippen molar-refractivity contribution in [3.8, 4) is 0 Å². The number of rotatable bonds is 20. The zero-order valence-corrected chi connectivity index (χ0v) is 36.9. The summed E-state index contributed by atoms with van der Waals surface area (Å²) in [5, 5.41) is 9.06. The van der Waals surface area contributed by atoms with Gasteiger partial charge in [0, 0.05) is 86.7 Å². The lowest BCUT2D eigenvalue weighted by atomic mass is 9.84. The van der Waals surface area contributed by atoms with Crippen LogP contribution in [0.1, 0.15) is 113 Å². The average Bonchev–Trinajstić information content (AvgIpc) is 3.71. The van der Waals surface area contributed by atoms with E-state index in [-0.39, 0.29) is 28.9 Å². The van der Waals surface area contributed by atoms with E-state index in [4.69, 9.17) is 11.5 Å². The fourth-order valence-corrected chi connectivity index (χ4v) is 9.12. The fourth-order valence-electron chi connectivity index (χ4n) is 8.25. The summed E-state index contributed by atoms with van der Waals surface area (Å²) in [7, 11) is 2.15. The number of carbonyl (C=O) groups is 2. The number of urea groups is 1. The van der Waals surface area contributed by atoms with Crippen molar-refractivity contribution in [2.45, 2.75) is 110 Å². The molecule has 2 aliphatic rings. The fraction of sp³-hybridized carbons (Fsp3) is 0.468. The number of thiazole rings is 1. The van der Waals surface area contributed by atoms with Crippen molar-refractivity contribution in [2.75, 3.05) is 43.9 Å². The van der Waals surface area contributed by atoms with Crippen molar-refractivity contribution in [2.24, 2.45) is 10.7 Å². The maximum absolute atomic E-state index is 12.6. The molecule has 3 aromatic rings. The third-order valence-corrected chi connectivity index (χ3v) is 12.5. The number of aryl methyl sites for hydroxylation is 2. The first kappa shape index (κ1) is 44.9. The number of guanidine groups is 1. The molecule has 0 aliphatic carbocycles. The molecule has 3 amide bonds. The highest BCUT2D eigenvalue weighted by Crippen LogP contribution is 2.46. The van der Waals surface area contributed by atoms with E-state index in [2.05, 4.69) is 149 Å². The predicted octanol–water partition coefficient (Wildman–Crippen LogP) is 7.99. The van der Waals surface area contributed by atoms with Gasteiger partial charge >= 0.3 is 6.03 Å². The summed E-state index contributed by atoms with van der Waals surface area (Å²) in [6, 6.07) is 17.0. The van der Waals surface area contributed by atoms with Crippen LogP contribution in [0.4, 0.5) is 15.6 Å².